The molecule has 0 atom stereocenters. The molecular weight excluding hydrogens is 408 g/mol. The van der Waals surface area contributed by atoms with Crippen molar-refractivity contribution >= 4 is 27.5 Å². The van der Waals surface area contributed by atoms with Crippen molar-refractivity contribution in [2.24, 2.45) is 0 Å². The molecule has 2 rings (SSSR count). The summed E-state index contributed by atoms with van der Waals surface area (Å²) in [5.41, 5.74) is 3.10. The van der Waals surface area contributed by atoms with Crippen LogP contribution in [0.15, 0.2) is 40.9 Å². The predicted octanol–water partition coefficient (Wildman–Crippen LogP) is 4.28. The maximum absolute atomic E-state index is 12.2. The molecule has 0 aromatic heterocycles. The molecule has 146 valence electrons. The van der Waals surface area contributed by atoms with Crippen LogP contribution in [-0.2, 0) is 11.2 Å². The fourth-order valence-corrected chi connectivity index (χ4v) is 2.95. The number of rotatable bonds is 9. The van der Waals surface area contributed by atoms with Gasteiger partial charge in [0.25, 0.3) is 0 Å². The zero-order valence-corrected chi connectivity index (χ0v) is 17.9. The maximum atomic E-state index is 12.2. The fourth-order valence-electron chi connectivity index (χ4n) is 2.71. The fraction of sp³-hybridized carbons (Fsp3) is 0.381. The lowest BCUT2D eigenvalue weighted by Gasteiger charge is -2.17. The Bertz CT molecular complexity index is 780. The van der Waals surface area contributed by atoms with Gasteiger partial charge in [-0.25, -0.2) is 0 Å². The molecule has 0 saturated carbocycles. The van der Waals surface area contributed by atoms with Crippen molar-refractivity contribution in [3.8, 4) is 11.5 Å². The molecule has 1 amide bonds. The molecule has 2 aromatic rings. The molecule has 0 bridgehead atoms. The molecule has 0 unspecified atom stereocenters. The number of methoxy groups -OCH3 is 2. The van der Waals surface area contributed by atoms with Gasteiger partial charge in [0.1, 0.15) is 0 Å². The number of anilines is 1. The van der Waals surface area contributed by atoms with E-state index in [0.717, 1.165) is 40.2 Å². The summed E-state index contributed by atoms with van der Waals surface area (Å²) in [4.78, 5) is 14.3. The molecule has 0 radical (unpaired) electrons. The van der Waals surface area contributed by atoms with Gasteiger partial charge in [0.15, 0.2) is 11.5 Å². The van der Waals surface area contributed by atoms with Crippen molar-refractivity contribution < 1.29 is 14.3 Å². The summed E-state index contributed by atoms with van der Waals surface area (Å²) in [5.74, 6) is 1.49. The van der Waals surface area contributed by atoms with E-state index in [9.17, 15) is 4.79 Å². The van der Waals surface area contributed by atoms with Crippen LogP contribution in [0.5, 0.6) is 11.5 Å². The summed E-state index contributed by atoms with van der Waals surface area (Å²) in [6, 6.07) is 11.8. The topological polar surface area (TPSA) is 50.8 Å². The van der Waals surface area contributed by atoms with Crippen molar-refractivity contribution in [3.05, 3.63) is 52.0 Å². The number of nitrogens with zero attached hydrogens (tertiary/aromatic N) is 1. The summed E-state index contributed by atoms with van der Waals surface area (Å²) < 4.78 is 11.6. The Hall–Kier alpha value is -2.05. The third-order valence-corrected chi connectivity index (χ3v) is 5.28. The van der Waals surface area contributed by atoms with Gasteiger partial charge >= 0.3 is 0 Å². The lowest BCUT2D eigenvalue weighted by molar-refractivity contribution is -0.116. The lowest BCUT2D eigenvalue weighted by Crippen LogP contribution is -2.26. The Morgan fingerprint density at radius 2 is 1.81 bits per heavy atom. The molecule has 6 heteroatoms. The highest BCUT2D eigenvalue weighted by Gasteiger charge is 2.08. The number of aryl methyl sites for hydroxylation is 1. The van der Waals surface area contributed by atoms with Crippen molar-refractivity contribution in [2.45, 2.75) is 19.8 Å². The first-order valence-corrected chi connectivity index (χ1v) is 9.67. The van der Waals surface area contributed by atoms with Crippen molar-refractivity contribution in [2.75, 3.05) is 39.7 Å². The molecule has 0 fully saturated rings. The molecule has 0 saturated heterocycles. The van der Waals surface area contributed by atoms with Crippen LogP contribution in [0.3, 0.4) is 0 Å². The molecule has 0 aliphatic heterocycles. The van der Waals surface area contributed by atoms with E-state index in [4.69, 9.17) is 9.47 Å². The van der Waals surface area contributed by atoms with E-state index in [1.165, 1.54) is 5.56 Å². The highest BCUT2D eigenvalue weighted by molar-refractivity contribution is 9.10. The van der Waals surface area contributed by atoms with Crippen molar-refractivity contribution in [1.29, 1.82) is 0 Å². The van der Waals surface area contributed by atoms with Crippen LogP contribution in [0.4, 0.5) is 5.69 Å². The number of halogens is 1. The van der Waals surface area contributed by atoms with Gasteiger partial charge < -0.3 is 19.7 Å². The predicted molar refractivity (Wildman–Crippen MR) is 113 cm³/mol. The second kappa shape index (κ2) is 10.3. The van der Waals surface area contributed by atoms with Gasteiger partial charge in [-0.1, -0.05) is 22.0 Å². The van der Waals surface area contributed by atoms with Gasteiger partial charge in [-0.05, 0) is 61.9 Å². The van der Waals surface area contributed by atoms with Crippen LogP contribution in [0.25, 0.3) is 0 Å². The van der Waals surface area contributed by atoms with Crippen LogP contribution in [0.1, 0.15) is 17.5 Å². The Morgan fingerprint density at radius 1 is 1.07 bits per heavy atom. The number of nitrogens with one attached hydrogen (secondary N) is 1. The molecule has 5 nitrogen and oxygen atoms in total. The molecule has 2 aromatic carbocycles. The minimum atomic E-state index is 0.0229. The zero-order valence-electron chi connectivity index (χ0n) is 16.3. The quantitative estimate of drug-likeness (QED) is 0.639. The summed E-state index contributed by atoms with van der Waals surface area (Å²) >= 11 is 3.46. The van der Waals surface area contributed by atoms with E-state index in [0.29, 0.717) is 13.0 Å². The maximum Gasteiger partial charge on any atom is 0.225 e. The highest BCUT2D eigenvalue weighted by Crippen LogP contribution is 2.27. The minimum Gasteiger partial charge on any atom is -0.493 e. The van der Waals surface area contributed by atoms with Crippen LogP contribution >= 0.6 is 15.9 Å². The number of hydrogen-bond acceptors (Lipinski definition) is 4. The molecule has 0 heterocycles. The van der Waals surface area contributed by atoms with Crippen molar-refractivity contribution in [1.82, 2.24) is 4.90 Å². The van der Waals surface area contributed by atoms with Gasteiger partial charge in [-0.3, -0.25) is 4.79 Å². The van der Waals surface area contributed by atoms with Crippen molar-refractivity contribution in [3.63, 3.8) is 0 Å². The second-order valence-corrected chi connectivity index (χ2v) is 7.36. The first-order valence-electron chi connectivity index (χ1n) is 8.88. The van der Waals surface area contributed by atoms with Gasteiger partial charge in [-0.2, -0.15) is 0 Å². The van der Waals surface area contributed by atoms with Crippen LogP contribution in [0, 0.1) is 6.92 Å². The van der Waals surface area contributed by atoms with Crippen LogP contribution in [-0.4, -0.2) is 45.2 Å². The Labute approximate surface area is 169 Å². The highest BCUT2D eigenvalue weighted by atomic mass is 79.9. The Morgan fingerprint density at radius 3 is 2.48 bits per heavy atom. The molecule has 1 N–H and O–H groups in total. The van der Waals surface area contributed by atoms with E-state index in [1.54, 1.807) is 14.2 Å². The summed E-state index contributed by atoms with van der Waals surface area (Å²) in [5, 5.41) is 2.95. The molecule has 0 aliphatic carbocycles. The number of carbonyl (C=O) groups is 1. The summed E-state index contributed by atoms with van der Waals surface area (Å²) in [6.45, 7) is 3.57. The van der Waals surface area contributed by atoms with Gasteiger partial charge in [-0.15, -0.1) is 0 Å². The Kier molecular flexibility index (Phi) is 8.13. The first-order chi connectivity index (χ1) is 12.9. The number of carbonyl (C=O) groups excluding carboxylic acids is 1. The minimum absolute atomic E-state index is 0.0229. The molecule has 27 heavy (non-hydrogen) atoms. The largest absolute Gasteiger partial charge is 0.493 e. The lowest BCUT2D eigenvalue weighted by atomic mass is 10.1. The van der Waals surface area contributed by atoms with E-state index in [-0.39, 0.29) is 5.91 Å². The SMILES string of the molecule is COc1ccc(CCN(C)CCC(=O)Nc2ccc(Br)c(C)c2)cc1OC. The van der Waals surface area contributed by atoms with Crippen LogP contribution in [0.2, 0.25) is 0 Å². The number of hydrogen-bond donors (Lipinski definition) is 1. The van der Waals surface area contributed by atoms with E-state index < -0.39 is 0 Å². The third-order valence-electron chi connectivity index (χ3n) is 4.39. The average molecular weight is 435 g/mol. The molecular formula is C21H27BrN2O3. The summed E-state index contributed by atoms with van der Waals surface area (Å²) in [6.07, 6.45) is 1.34. The van der Waals surface area contributed by atoms with E-state index in [1.807, 2.05) is 50.4 Å². The smallest absolute Gasteiger partial charge is 0.225 e. The molecule has 0 spiro atoms. The monoisotopic (exact) mass is 434 g/mol. The number of amides is 1. The van der Waals surface area contributed by atoms with Gasteiger partial charge in [0.05, 0.1) is 14.2 Å². The number of ether oxygens (including phenoxy) is 2. The van der Waals surface area contributed by atoms with E-state index in [2.05, 4.69) is 26.1 Å². The third kappa shape index (κ3) is 6.56. The second-order valence-electron chi connectivity index (χ2n) is 6.50. The molecule has 0 aliphatic rings. The summed E-state index contributed by atoms with van der Waals surface area (Å²) in [7, 11) is 5.29. The normalized spacial score (nSPS) is 10.7. The van der Waals surface area contributed by atoms with E-state index >= 15 is 0 Å². The first kappa shape index (κ1) is 21.3. The van der Waals surface area contributed by atoms with Gasteiger partial charge in [0.2, 0.25) is 5.91 Å². The number of likely N-dealkylation sites (N-methyl/N-ethyl adjacent to an activating group) is 1. The standard InChI is InChI=1S/C21H27BrN2O3/c1-15-13-17(6-7-18(15)22)23-21(25)10-12-24(2)11-9-16-5-8-19(26-3)20(14-16)27-4/h5-8,13-14H,9-12H2,1-4H3,(H,23,25). The zero-order chi connectivity index (χ0) is 19.8. The Balaban J connectivity index is 1.77. The van der Waals surface area contributed by atoms with Gasteiger partial charge in [0, 0.05) is 29.7 Å². The van der Waals surface area contributed by atoms with Crippen LogP contribution < -0.4 is 14.8 Å². The number of benzene rings is 2. The average Bonchev–Trinajstić information content (AvgIpc) is 2.67.